The molecule has 0 fully saturated rings. The summed E-state index contributed by atoms with van der Waals surface area (Å²) in [5.74, 6) is 0. The first-order chi connectivity index (χ1) is 1.41. The van der Waals surface area contributed by atoms with E-state index < -0.39 is 0 Å². The van der Waals surface area contributed by atoms with Crippen molar-refractivity contribution >= 4 is 57.3 Å². The lowest BCUT2D eigenvalue weighted by atomic mass is 11.4. The van der Waals surface area contributed by atoms with Gasteiger partial charge in [-0.3, -0.25) is 5.41 Å². The summed E-state index contributed by atoms with van der Waals surface area (Å²) in [6, 6.07) is 0. The molecule has 3 N–H and O–H groups in total. The third-order valence-corrected chi connectivity index (χ3v) is 0. The van der Waals surface area contributed by atoms with Gasteiger partial charge in [0.2, 0.25) is 0 Å². The molecule has 0 saturated carbocycles. The Bertz CT molecular complexity index is 16.3. The summed E-state index contributed by atoms with van der Waals surface area (Å²) in [5, 5.41) is 5.86. The fourth-order valence-electron chi connectivity index (χ4n) is 0. The van der Waals surface area contributed by atoms with Gasteiger partial charge in [-0.2, -0.15) is 0 Å². The molecule has 0 atom stereocenters. The largest absolute Gasteiger partial charge is 0.390 e. The van der Waals surface area contributed by atoms with E-state index in [-0.39, 0.29) is 50.9 Å². The van der Waals surface area contributed by atoms with Crippen LogP contribution in [0.2, 0.25) is 0 Å². The number of hydrogen-bond acceptors (Lipinski definition) is 1. The van der Waals surface area contributed by atoms with Gasteiger partial charge in [0.05, 0.1) is 6.34 Å². The van der Waals surface area contributed by atoms with Crippen LogP contribution < -0.4 is 5.73 Å². The summed E-state index contributed by atoms with van der Waals surface area (Å²) < 4.78 is 0. The Hall–Kier alpha value is 0.910. The molecule has 5 heteroatoms. The molecule has 0 radical (unpaired) electrons. The molecule has 0 aromatic rings. The van der Waals surface area contributed by atoms with E-state index in [1.807, 2.05) is 0 Å². The summed E-state index contributed by atoms with van der Waals surface area (Å²) >= 11 is 0. The van der Waals surface area contributed by atoms with Gasteiger partial charge in [-0.05, 0) is 0 Å². The van der Waals surface area contributed by atoms with E-state index in [4.69, 9.17) is 5.41 Å². The minimum Gasteiger partial charge on any atom is -0.390 e. The van der Waals surface area contributed by atoms with Crippen LogP contribution >= 0.6 is 50.9 Å². The van der Waals surface area contributed by atoms with Gasteiger partial charge >= 0.3 is 0 Å². The molecule has 0 amide bonds. The van der Waals surface area contributed by atoms with Crippen molar-refractivity contribution in [3.63, 3.8) is 0 Å². The van der Waals surface area contributed by atoms with Gasteiger partial charge in [0.15, 0.2) is 0 Å². The molecular formula is CH7Br3N2. The van der Waals surface area contributed by atoms with Crippen LogP contribution in [0.4, 0.5) is 0 Å². The standard InChI is InChI=1S/CH4N2.3BrH/c2-1-3;;;/h1H,(H3,2,3);3*1H. The zero-order valence-corrected chi connectivity index (χ0v) is 8.02. The Morgan fingerprint density at radius 1 is 1.17 bits per heavy atom. The third-order valence-electron chi connectivity index (χ3n) is 0. The molecule has 6 heavy (non-hydrogen) atoms. The van der Waals surface area contributed by atoms with Crippen molar-refractivity contribution in [2.24, 2.45) is 5.73 Å². The second-order valence-corrected chi connectivity index (χ2v) is 0.167. The Kier molecular flexibility index (Phi) is 186. The van der Waals surface area contributed by atoms with Crippen LogP contribution in [0.3, 0.4) is 0 Å². The first kappa shape index (κ1) is 28.5. The van der Waals surface area contributed by atoms with Crippen molar-refractivity contribution in [1.29, 1.82) is 5.41 Å². The number of nitrogens with two attached hydrogens (primary N) is 1. The number of rotatable bonds is 0. The first-order valence-electron chi connectivity index (χ1n) is 0.622. The highest BCUT2D eigenvalue weighted by molar-refractivity contribution is 8.93. The number of hydrogen-bond donors (Lipinski definition) is 2. The summed E-state index contributed by atoms with van der Waals surface area (Å²) in [6.07, 6.45) is 0.750. The van der Waals surface area contributed by atoms with Crippen LogP contribution in [0.5, 0.6) is 0 Å². The molecule has 0 aliphatic rings. The van der Waals surface area contributed by atoms with E-state index in [1.165, 1.54) is 0 Å². The Balaban J connectivity index is -0.00000000667. The molecule has 0 rings (SSSR count). The maximum atomic E-state index is 5.86. The van der Waals surface area contributed by atoms with E-state index in [0.717, 1.165) is 6.34 Å². The average Bonchev–Trinajstić information content (AvgIpc) is 0.918. The summed E-state index contributed by atoms with van der Waals surface area (Å²) in [7, 11) is 0. The van der Waals surface area contributed by atoms with Crippen molar-refractivity contribution in [3.8, 4) is 0 Å². The molecule has 0 heterocycles. The van der Waals surface area contributed by atoms with E-state index >= 15 is 0 Å². The zero-order valence-electron chi connectivity index (χ0n) is 2.88. The van der Waals surface area contributed by atoms with Gasteiger partial charge in [-0.25, -0.2) is 0 Å². The lowest BCUT2D eigenvalue weighted by Crippen LogP contribution is -1.81. The van der Waals surface area contributed by atoms with Crippen LogP contribution in [-0.4, -0.2) is 6.34 Å². The smallest absolute Gasteiger partial charge is 0.0765 e. The Morgan fingerprint density at radius 2 is 1.17 bits per heavy atom. The lowest BCUT2D eigenvalue weighted by Gasteiger charge is -1.38. The molecule has 42 valence electrons. The molecule has 0 aromatic carbocycles. The quantitative estimate of drug-likeness (QED) is 0.512. The molecule has 0 aromatic heterocycles. The molecule has 0 unspecified atom stereocenters. The average molecular weight is 287 g/mol. The minimum absolute atomic E-state index is 0. The van der Waals surface area contributed by atoms with Crippen LogP contribution in [0.25, 0.3) is 0 Å². The van der Waals surface area contributed by atoms with Crippen molar-refractivity contribution in [1.82, 2.24) is 0 Å². The van der Waals surface area contributed by atoms with Crippen molar-refractivity contribution in [2.45, 2.75) is 0 Å². The summed E-state index contributed by atoms with van der Waals surface area (Å²) in [4.78, 5) is 0. The zero-order chi connectivity index (χ0) is 2.71. The molecule has 2 nitrogen and oxygen atoms in total. The maximum absolute atomic E-state index is 5.86. The van der Waals surface area contributed by atoms with Crippen LogP contribution in [0, 0.1) is 5.41 Å². The molecule has 0 bridgehead atoms. The van der Waals surface area contributed by atoms with Gasteiger partial charge in [0.1, 0.15) is 0 Å². The highest BCUT2D eigenvalue weighted by Gasteiger charge is 1.10. The van der Waals surface area contributed by atoms with Crippen molar-refractivity contribution in [2.75, 3.05) is 0 Å². The highest BCUT2D eigenvalue weighted by atomic mass is 79.9. The number of nitrogens with one attached hydrogen (secondary N) is 1. The fourth-order valence-corrected chi connectivity index (χ4v) is 0. The van der Waals surface area contributed by atoms with Gasteiger partial charge in [-0.15, -0.1) is 50.9 Å². The molecule has 0 aliphatic heterocycles. The van der Waals surface area contributed by atoms with E-state index in [1.54, 1.807) is 0 Å². The SMILES string of the molecule is Br.Br.Br.N=CN. The van der Waals surface area contributed by atoms with Gasteiger partial charge < -0.3 is 5.73 Å². The predicted molar refractivity (Wildman–Crippen MR) is 43.9 cm³/mol. The third kappa shape index (κ3) is 90.6. The Labute approximate surface area is 68.3 Å². The van der Waals surface area contributed by atoms with E-state index in [0.29, 0.717) is 0 Å². The lowest BCUT2D eigenvalue weighted by molar-refractivity contribution is 1.52. The van der Waals surface area contributed by atoms with Gasteiger partial charge in [-0.1, -0.05) is 0 Å². The van der Waals surface area contributed by atoms with E-state index in [2.05, 4.69) is 5.73 Å². The topological polar surface area (TPSA) is 49.9 Å². The first-order valence-corrected chi connectivity index (χ1v) is 0.622. The molecular weight excluding hydrogens is 280 g/mol. The van der Waals surface area contributed by atoms with Crippen LogP contribution in [-0.2, 0) is 0 Å². The normalized spacial score (nSPS) is 2.00. The summed E-state index contributed by atoms with van der Waals surface area (Å²) in [6.45, 7) is 0. The molecule has 0 spiro atoms. The maximum Gasteiger partial charge on any atom is 0.0765 e. The molecule has 0 saturated heterocycles. The van der Waals surface area contributed by atoms with Gasteiger partial charge in [0.25, 0.3) is 0 Å². The van der Waals surface area contributed by atoms with Crippen molar-refractivity contribution in [3.05, 3.63) is 0 Å². The minimum atomic E-state index is 0. The summed E-state index contributed by atoms with van der Waals surface area (Å²) in [5.41, 5.74) is 4.39. The second-order valence-electron chi connectivity index (χ2n) is 0.167. The Morgan fingerprint density at radius 3 is 1.17 bits per heavy atom. The monoisotopic (exact) mass is 284 g/mol. The van der Waals surface area contributed by atoms with Gasteiger partial charge in [0, 0.05) is 0 Å². The number of halogens is 3. The van der Waals surface area contributed by atoms with Crippen LogP contribution in [0.1, 0.15) is 0 Å². The highest BCUT2D eigenvalue weighted by Crippen LogP contribution is 0.879. The predicted octanol–water partition coefficient (Wildman–Crippen LogP) is 1.29. The second kappa shape index (κ2) is 39.1. The van der Waals surface area contributed by atoms with E-state index in [9.17, 15) is 0 Å². The fraction of sp³-hybridized carbons (Fsp3) is 0. The van der Waals surface area contributed by atoms with Crippen LogP contribution in [0.15, 0.2) is 0 Å². The molecule has 0 aliphatic carbocycles. The van der Waals surface area contributed by atoms with Crippen molar-refractivity contribution < 1.29 is 0 Å².